The normalized spacial score (nSPS) is 23.0. The quantitative estimate of drug-likeness (QED) is 0.208. The van der Waals surface area contributed by atoms with Crippen molar-refractivity contribution in [1.29, 1.82) is 0 Å². The van der Waals surface area contributed by atoms with Crippen LogP contribution in [0.2, 0.25) is 5.04 Å². The molecule has 49 heavy (non-hydrogen) atoms. The van der Waals surface area contributed by atoms with Crippen molar-refractivity contribution in [2.45, 2.75) is 138 Å². The predicted octanol–water partition coefficient (Wildman–Crippen LogP) is 6.22. The number of hydrogen-bond acceptors (Lipinski definition) is 9. The molecule has 0 radical (unpaired) electrons. The Hall–Kier alpha value is -2.15. The number of rotatable bonds is 11. The average molecular weight is 707 g/mol. The van der Waals surface area contributed by atoms with Crippen molar-refractivity contribution in [2.75, 3.05) is 26.4 Å². The fourth-order valence-corrected chi connectivity index (χ4v) is 10.8. The highest BCUT2D eigenvalue weighted by atomic mass is 28.4. The molecule has 2 aromatic rings. The van der Waals surface area contributed by atoms with Gasteiger partial charge in [0.05, 0.1) is 24.2 Å². The Morgan fingerprint density at radius 1 is 0.714 bits per heavy atom. The van der Waals surface area contributed by atoms with E-state index in [1.165, 1.54) is 10.4 Å². The summed E-state index contributed by atoms with van der Waals surface area (Å²) in [4.78, 5) is 11.7. The molecule has 0 amide bonds. The number of carbonyl (C=O) groups excluding carboxylic acids is 1. The summed E-state index contributed by atoms with van der Waals surface area (Å²) in [5.74, 6) is -1.63. The van der Waals surface area contributed by atoms with Crippen molar-refractivity contribution in [3.63, 3.8) is 0 Å². The lowest BCUT2D eigenvalue weighted by Gasteiger charge is -2.43. The molecule has 2 heterocycles. The van der Waals surface area contributed by atoms with E-state index in [2.05, 4.69) is 69.3 Å². The zero-order chi connectivity index (χ0) is 35.1. The molecule has 0 aliphatic carbocycles. The van der Waals surface area contributed by atoms with Gasteiger partial charge < -0.3 is 38.3 Å². The van der Waals surface area contributed by atoms with E-state index >= 15 is 0 Å². The van der Waals surface area contributed by atoms with E-state index < -0.39 is 25.3 Å². The molecule has 2 aliphatic rings. The van der Waals surface area contributed by atoms with Crippen LogP contribution in [0.3, 0.4) is 0 Å². The summed E-state index contributed by atoms with van der Waals surface area (Å²) in [6.45, 7) is 20.3. The van der Waals surface area contributed by atoms with Gasteiger partial charge in [-0.2, -0.15) is 0 Å². The first-order chi connectivity index (χ1) is 21.8. The molecule has 10 heteroatoms. The second-order valence-corrected chi connectivity index (χ2v) is 19.6. The van der Waals surface area contributed by atoms with Crippen molar-refractivity contribution in [3.05, 3.63) is 60.7 Å². The number of hydrogen-bond donors (Lipinski definition) is 2. The zero-order valence-electron chi connectivity index (χ0n) is 30.1. The molecule has 0 unspecified atom stereocenters. The van der Waals surface area contributed by atoms with Gasteiger partial charge >= 0.3 is 5.97 Å². The topological polar surface area (TPSA) is 113 Å². The Labute approximate surface area is 297 Å². The molecule has 2 N–H and O–H groups in total. The molecule has 2 aromatic carbocycles. The molecular weight excluding hydrogens is 641 g/mol. The Kier molecular flexibility index (Phi) is 16.8. The molecule has 280 valence electrons. The SMILES string of the molecule is C.C.CC1(C)O[C@@H](CCO)[C@@H](COC(=O)C(C)(C)C)O1.CC1(C)O[C@@H](CCO[Si](c2ccccc2)(c2ccccc2)C(C)(C)C)[C@@H](CO)O1. The van der Waals surface area contributed by atoms with Gasteiger partial charge in [0.2, 0.25) is 0 Å². The standard InChI is InChI=1S/C24H34O4Si.C13H24O5.2CH4/c1-23(2,3)29(19-12-8-6-9-13-19,20-14-10-7-11-15-20)26-17-16-21-22(18-25)28-24(4,5)27-21;1-12(2,3)11(15)16-8-10-9(6-7-14)17-13(4,5)18-10;;/h6-15,21-22,25H,16-18H2,1-5H3;9-10,14H,6-8H2,1-5H3;2*1H4/t21-,22+;9-,10+;;/m00../s1. The first-order valence-corrected chi connectivity index (χ1v) is 18.6. The number of carbonyl (C=O) groups is 1. The molecule has 0 aromatic heterocycles. The van der Waals surface area contributed by atoms with Crippen molar-refractivity contribution in [3.8, 4) is 0 Å². The van der Waals surface area contributed by atoms with E-state index in [9.17, 15) is 9.90 Å². The molecule has 4 atom stereocenters. The summed E-state index contributed by atoms with van der Waals surface area (Å²) in [6, 6.07) is 21.2. The fraction of sp³-hybridized carbons (Fsp3) is 0.667. The van der Waals surface area contributed by atoms with Crippen LogP contribution >= 0.6 is 0 Å². The minimum absolute atomic E-state index is 0. The molecule has 0 spiro atoms. The number of aliphatic hydroxyl groups is 2. The summed E-state index contributed by atoms with van der Waals surface area (Å²) < 4.78 is 35.3. The second-order valence-electron chi connectivity index (χ2n) is 15.3. The largest absolute Gasteiger partial charge is 0.462 e. The highest BCUT2D eigenvalue weighted by Crippen LogP contribution is 2.37. The zero-order valence-corrected chi connectivity index (χ0v) is 31.1. The first kappa shape index (κ1) is 44.9. The minimum Gasteiger partial charge on any atom is -0.462 e. The number of aliphatic hydroxyl groups excluding tert-OH is 2. The average Bonchev–Trinajstić information content (AvgIpc) is 3.46. The van der Waals surface area contributed by atoms with Crippen molar-refractivity contribution >= 4 is 24.7 Å². The number of esters is 1. The molecule has 2 fully saturated rings. The highest BCUT2D eigenvalue weighted by molar-refractivity contribution is 6.99. The third-order valence-corrected chi connectivity index (χ3v) is 13.3. The lowest BCUT2D eigenvalue weighted by atomic mass is 9.97. The van der Waals surface area contributed by atoms with Crippen LogP contribution in [0.5, 0.6) is 0 Å². The summed E-state index contributed by atoms with van der Waals surface area (Å²) in [7, 11) is -2.55. The Balaban J connectivity index is 0.000000522. The summed E-state index contributed by atoms with van der Waals surface area (Å²) in [6.07, 6.45) is 0.109. The van der Waals surface area contributed by atoms with Crippen LogP contribution < -0.4 is 10.4 Å². The molecule has 2 saturated heterocycles. The lowest BCUT2D eigenvalue weighted by molar-refractivity contribution is -0.165. The van der Waals surface area contributed by atoms with Crippen LogP contribution in [-0.2, 0) is 32.9 Å². The maximum Gasteiger partial charge on any atom is 0.311 e. The van der Waals surface area contributed by atoms with Gasteiger partial charge in [0.15, 0.2) is 11.6 Å². The van der Waals surface area contributed by atoms with E-state index in [0.29, 0.717) is 19.4 Å². The monoisotopic (exact) mass is 706 g/mol. The maximum atomic E-state index is 11.7. The second kappa shape index (κ2) is 18.4. The van der Waals surface area contributed by atoms with Crippen LogP contribution in [0.25, 0.3) is 0 Å². The number of ether oxygens (including phenoxy) is 5. The van der Waals surface area contributed by atoms with Gasteiger partial charge in [-0.05, 0) is 76.7 Å². The summed E-state index contributed by atoms with van der Waals surface area (Å²) >= 11 is 0. The van der Waals surface area contributed by atoms with Gasteiger partial charge in [0, 0.05) is 13.2 Å². The van der Waals surface area contributed by atoms with Gasteiger partial charge in [0.1, 0.15) is 18.8 Å². The summed E-state index contributed by atoms with van der Waals surface area (Å²) in [5.41, 5.74) is -0.526. The molecule has 2 aliphatic heterocycles. The Bertz CT molecular complexity index is 1200. The van der Waals surface area contributed by atoms with E-state index in [1.54, 1.807) is 20.8 Å². The molecule has 0 saturated carbocycles. The van der Waals surface area contributed by atoms with Crippen LogP contribution in [0.4, 0.5) is 0 Å². The van der Waals surface area contributed by atoms with E-state index in [4.69, 9.17) is 33.2 Å². The molecule has 0 bridgehead atoms. The van der Waals surface area contributed by atoms with Crippen molar-refractivity contribution < 1.29 is 43.1 Å². The van der Waals surface area contributed by atoms with Crippen LogP contribution in [0.1, 0.15) is 96.9 Å². The van der Waals surface area contributed by atoms with Crippen molar-refractivity contribution in [2.24, 2.45) is 5.41 Å². The third-order valence-electron chi connectivity index (χ3n) is 8.29. The molecule has 4 rings (SSSR count). The van der Waals surface area contributed by atoms with E-state index in [-0.39, 0.29) is 70.1 Å². The number of benzene rings is 2. The first-order valence-electron chi connectivity index (χ1n) is 16.7. The minimum atomic E-state index is -2.55. The van der Waals surface area contributed by atoms with Gasteiger partial charge in [0.25, 0.3) is 8.32 Å². The van der Waals surface area contributed by atoms with Gasteiger partial charge in [-0.1, -0.05) is 96.3 Å². The Morgan fingerprint density at radius 2 is 1.14 bits per heavy atom. The van der Waals surface area contributed by atoms with E-state index in [1.807, 2.05) is 39.8 Å². The molecule has 9 nitrogen and oxygen atoms in total. The Morgan fingerprint density at radius 3 is 1.55 bits per heavy atom. The van der Waals surface area contributed by atoms with E-state index in [0.717, 1.165) is 0 Å². The maximum absolute atomic E-state index is 11.7. The smallest absolute Gasteiger partial charge is 0.311 e. The van der Waals surface area contributed by atoms with Gasteiger partial charge in [-0.15, -0.1) is 0 Å². The van der Waals surface area contributed by atoms with Crippen LogP contribution in [0.15, 0.2) is 60.7 Å². The van der Waals surface area contributed by atoms with Gasteiger partial charge in [-0.25, -0.2) is 0 Å². The van der Waals surface area contributed by atoms with Crippen molar-refractivity contribution in [1.82, 2.24) is 0 Å². The third kappa shape index (κ3) is 12.0. The summed E-state index contributed by atoms with van der Waals surface area (Å²) in [5, 5.41) is 21.1. The fourth-order valence-electron chi connectivity index (χ4n) is 6.19. The lowest BCUT2D eigenvalue weighted by Crippen LogP contribution is -2.66. The predicted molar refractivity (Wildman–Crippen MR) is 199 cm³/mol. The van der Waals surface area contributed by atoms with Crippen LogP contribution in [-0.4, -0.2) is 86.9 Å². The van der Waals surface area contributed by atoms with Gasteiger partial charge in [-0.3, -0.25) is 4.79 Å². The molecular formula is C39H66O9Si. The highest BCUT2D eigenvalue weighted by Gasteiger charge is 2.50. The van der Waals surface area contributed by atoms with Crippen LogP contribution in [0, 0.1) is 5.41 Å².